The van der Waals surface area contributed by atoms with Gasteiger partial charge in [0.2, 0.25) is 0 Å². The molecule has 35 heavy (non-hydrogen) atoms. The third-order valence-corrected chi connectivity index (χ3v) is 5.72. The van der Waals surface area contributed by atoms with Gasteiger partial charge in [-0.25, -0.2) is 14.6 Å². The minimum absolute atomic E-state index is 0.199. The van der Waals surface area contributed by atoms with Crippen LogP contribution in [0.1, 0.15) is 37.6 Å². The average Bonchev–Trinajstić information content (AvgIpc) is 3.25. The van der Waals surface area contributed by atoms with E-state index in [1.165, 1.54) is 0 Å². The van der Waals surface area contributed by atoms with Crippen molar-refractivity contribution >= 4 is 23.5 Å². The molecule has 2 amide bonds. The highest BCUT2D eigenvalue weighted by Gasteiger charge is 2.17. The van der Waals surface area contributed by atoms with Gasteiger partial charge in [0.25, 0.3) is 0 Å². The molecule has 9 heteroatoms. The number of nitrogens with zero attached hydrogens (tertiary/aromatic N) is 1. The molecule has 0 saturated carbocycles. The Morgan fingerprint density at radius 3 is 2.49 bits per heavy atom. The Labute approximate surface area is 209 Å². The lowest BCUT2D eigenvalue weighted by atomic mass is 10.1. The van der Waals surface area contributed by atoms with Crippen LogP contribution in [0.5, 0.6) is 5.75 Å². The Hall–Kier alpha value is -3.59. The number of aromatic nitrogens is 1. The fourth-order valence-corrected chi connectivity index (χ4v) is 3.93. The van der Waals surface area contributed by atoms with E-state index in [0.29, 0.717) is 5.75 Å². The molecule has 1 heterocycles. The van der Waals surface area contributed by atoms with Crippen LogP contribution in [0.3, 0.4) is 0 Å². The number of carbonyl (C=O) groups is 2. The molecule has 3 aromatic rings. The van der Waals surface area contributed by atoms with Crippen molar-refractivity contribution in [3.63, 3.8) is 0 Å². The minimum atomic E-state index is -0.586. The zero-order chi connectivity index (χ0) is 25.3. The number of aryl methyl sites for hydroxylation is 1. The van der Waals surface area contributed by atoms with Crippen LogP contribution in [0.4, 0.5) is 9.59 Å². The van der Waals surface area contributed by atoms with E-state index >= 15 is 0 Å². The largest absolute Gasteiger partial charge is 0.491 e. The fraction of sp³-hybridized carbons (Fsp3) is 0.346. The van der Waals surface area contributed by atoms with E-state index in [0.717, 1.165) is 27.3 Å². The molecule has 2 aromatic carbocycles. The maximum Gasteiger partial charge on any atom is 0.407 e. The first kappa shape index (κ1) is 26.0. The Morgan fingerprint density at radius 1 is 1.03 bits per heavy atom. The normalized spacial score (nSPS) is 11.0. The summed E-state index contributed by atoms with van der Waals surface area (Å²) in [5, 5.41) is 5.45. The van der Waals surface area contributed by atoms with Gasteiger partial charge < -0.3 is 24.8 Å². The van der Waals surface area contributed by atoms with Gasteiger partial charge in [0.1, 0.15) is 24.6 Å². The van der Waals surface area contributed by atoms with Crippen LogP contribution in [0, 0.1) is 6.92 Å². The summed E-state index contributed by atoms with van der Waals surface area (Å²) in [6.45, 7) is 8.31. The van der Waals surface area contributed by atoms with E-state index < -0.39 is 17.8 Å². The number of alkyl carbamates (subject to hydrolysis) is 2. The third kappa shape index (κ3) is 8.60. The van der Waals surface area contributed by atoms with E-state index in [4.69, 9.17) is 14.2 Å². The lowest BCUT2D eigenvalue weighted by molar-refractivity contribution is 0.0523. The van der Waals surface area contributed by atoms with Crippen LogP contribution in [-0.4, -0.2) is 35.9 Å². The Balaban J connectivity index is 1.58. The van der Waals surface area contributed by atoms with Crippen LogP contribution < -0.4 is 15.4 Å². The molecule has 0 unspecified atom stereocenters. The van der Waals surface area contributed by atoms with Gasteiger partial charge in [0.15, 0.2) is 0 Å². The van der Waals surface area contributed by atoms with Gasteiger partial charge in [-0.2, -0.15) is 0 Å². The van der Waals surface area contributed by atoms with Gasteiger partial charge in [-0.15, -0.1) is 11.3 Å². The summed E-state index contributed by atoms with van der Waals surface area (Å²) in [5.74, 6) is 0.603. The maximum absolute atomic E-state index is 12.1. The zero-order valence-corrected chi connectivity index (χ0v) is 21.2. The predicted molar refractivity (Wildman–Crippen MR) is 135 cm³/mol. The van der Waals surface area contributed by atoms with Crippen LogP contribution in [0.15, 0.2) is 54.0 Å². The maximum atomic E-state index is 12.1. The number of benzene rings is 2. The van der Waals surface area contributed by atoms with Gasteiger partial charge in [0, 0.05) is 12.1 Å². The number of ether oxygens (including phenoxy) is 3. The summed E-state index contributed by atoms with van der Waals surface area (Å²) in [6.07, 6.45) is -1.02. The molecule has 0 radical (unpaired) electrons. The highest BCUT2D eigenvalue weighted by Crippen LogP contribution is 2.32. The predicted octanol–water partition coefficient (Wildman–Crippen LogP) is 5.45. The molecule has 186 valence electrons. The summed E-state index contributed by atoms with van der Waals surface area (Å²) in [5.41, 5.74) is 4.82. The van der Waals surface area contributed by atoms with Crippen LogP contribution in [0.25, 0.3) is 10.4 Å². The quantitative estimate of drug-likeness (QED) is 0.382. The fourth-order valence-electron chi connectivity index (χ4n) is 3.12. The van der Waals surface area contributed by atoms with Crippen molar-refractivity contribution in [3.05, 3.63) is 70.9 Å². The molecular formula is C26H31N3O5S. The number of thiazole rings is 1. The highest BCUT2D eigenvalue weighted by molar-refractivity contribution is 7.13. The highest BCUT2D eigenvalue weighted by atomic mass is 32.1. The summed E-state index contributed by atoms with van der Waals surface area (Å²) < 4.78 is 16.5. The average molecular weight is 498 g/mol. The smallest absolute Gasteiger partial charge is 0.407 e. The monoisotopic (exact) mass is 497 g/mol. The second kappa shape index (κ2) is 12.2. The van der Waals surface area contributed by atoms with Crippen molar-refractivity contribution in [3.8, 4) is 16.2 Å². The van der Waals surface area contributed by atoms with E-state index in [2.05, 4.69) is 15.6 Å². The number of hydrogen-bond donors (Lipinski definition) is 2. The van der Waals surface area contributed by atoms with Gasteiger partial charge in [-0.3, -0.25) is 0 Å². The van der Waals surface area contributed by atoms with Gasteiger partial charge >= 0.3 is 12.2 Å². The molecule has 0 aliphatic carbocycles. The number of amides is 2. The molecule has 8 nitrogen and oxygen atoms in total. The first-order chi connectivity index (χ1) is 16.7. The molecule has 0 atom stereocenters. The first-order valence-corrected chi connectivity index (χ1v) is 12.2. The number of nitrogens with one attached hydrogen (secondary N) is 2. The summed E-state index contributed by atoms with van der Waals surface area (Å²) in [7, 11) is 0. The van der Waals surface area contributed by atoms with Crippen LogP contribution in [0.2, 0.25) is 0 Å². The number of carbonyl (C=O) groups excluding carboxylic acids is 2. The molecule has 2 N–H and O–H groups in total. The number of rotatable bonds is 9. The van der Waals surface area contributed by atoms with Gasteiger partial charge in [-0.1, -0.05) is 42.5 Å². The van der Waals surface area contributed by atoms with Crippen molar-refractivity contribution in [2.75, 3.05) is 13.2 Å². The van der Waals surface area contributed by atoms with Gasteiger partial charge in [-0.05, 0) is 44.9 Å². The van der Waals surface area contributed by atoms with Crippen molar-refractivity contribution in [2.24, 2.45) is 0 Å². The molecule has 0 spiro atoms. The lowest BCUT2D eigenvalue weighted by Crippen LogP contribution is -2.32. The van der Waals surface area contributed by atoms with Gasteiger partial charge in [0.05, 0.1) is 22.6 Å². The Morgan fingerprint density at radius 2 is 1.80 bits per heavy atom. The number of hydrogen-bond acceptors (Lipinski definition) is 7. The van der Waals surface area contributed by atoms with E-state index in [1.807, 2.05) is 76.2 Å². The summed E-state index contributed by atoms with van der Waals surface area (Å²) in [6, 6.07) is 15.3. The second-order valence-electron chi connectivity index (χ2n) is 8.78. The van der Waals surface area contributed by atoms with E-state index in [-0.39, 0.29) is 26.3 Å². The topological polar surface area (TPSA) is 98.8 Å². The second-order valence-corrected chi connectivity index (χ2v) is 9.64. The van der Waals surface area contributed by atoms with Crippen molar-refractivity contribution in [2.45, 2.75) is 46.4 Å². The van der Waals surface area contributed by atoms with Crippen molar-refractivity contribution in [1.82, 2.24) is 15.6 Å². The third-order valence-electron chi connectivity index (χ3n) is 4.74. The Bertz CT molecular complexity index is 1130. The molecule has 0 aliphatic heterocycles. The first-order valence-electron chi connectivity index (χ1n) is 11.3. The molecule has 0 aliphatic rings. The standard InChI is InChI=1S/C26H31N3O5S/c1-18-23(35-17-29-18)20-10-11-21(15-28-25(31)34-26(2,3)4)22(14-20)32-13-12-27-24(30)33-16-19-8-6-5-7-9-19/h5-11,14,17H,12-13,15-16H2,1-4H3,(H,27,30)(H,28,31). The minimum Gasteiger partial charge on any atom is -0.491 e. The summed E-state index contributed by atoms with van der Waals surface area (Å²) >= 11 is 1.55. The van der Waals surface area contributed by atoms with Crippen molar-refractivity contribution < 1.29 is 23.8 Å². The lowest BCUT2D eigenvalue weighted by Gasteiger charge is -2.20. The molecule has 0 bridgehead atoms. The molecule has 3 rings (SSSR count). The zero-order valence-electron chi connectivity index (χ0n) is 20.4. The van der Waals surface area contributed by atoms with E-state index in [1.54, 1.807) is 16.8 Å². The van der Waals surface area contributed by atoms with Crippen LogP contribution in [-0.2, 0) is 22.6 Å². The SMILES string of the molecule is Cc1ncsc1-c1ccc(CNC(=O)OC(C)(C)C)c(OCCNC(=O)OCc2ccccc2)c1. The molecule has 1 aromatic heterocycles. The van der Waals surface area contributed by atoms with Crippen LogP contribution >= 0.6 is 11.3 Å². The van der Waals surface area contributed by atoms with Crippen molar-refractivity contribution in [1.29, 1.82) is 0 Å². The Kier molecular flexibility index (Phi) is 9.08. The summed E-state index contributed by atoms with van der Waals surface area (Å²) in [4.78, 5) is 29.4. The van der Waals surface area contributed by atoms with E-state index in [9.17, 15) is 9.59 Å². The molecule has 0 saturated heterocycles. The molecular weight excluding hydrogens is 466 g/mol. The molecule has 0 fully saturated rings.